The predicted octanol–water partition coefficient (Wildman–Crippen LogP) is 9.09. The van der Waals surface area contributed by atoms with Crippen molar-refractivity contribution in [2.24, 2.45) is 34.5 Å². The third kappa shape index (κ3) is 22.3. The summed E-state index contributed by atoms with van der Waals surface area (Å²) in [6.07, 6.45) is 6.39. The summed E-state index contributed by atoms with van der Waals surface area (Å²) in [6.45, 7) is 23.0. The minimum absolute atomic E-state index is 0.00206. The molecule has 0 saturated carbocycles. The number of likely N-dealkylation sites (tertiary alicyclic amines) is 1. The number of nitrogens with one attached hydrogen (secondary N) is 4. The van der Waals surface area contributed by atoms with Crippen molar-refractivity contribution in [2.45, 2.75) is 202 Å². The molecule has 2 heterocycles. The van der Waals surface area contributed by atoms with Crippen LogP contribution in [0.4, 0.5) is 5.69 Å². The Bertz CT molecular complexity index is 3100. The topological polar surface area (TPSA) is 263 Å². The molecule has 2 aliphatic rings. The van der Waals surface area contributed by atoms with E-state index >= 15 is 0 Å². The van der Waals surface area contributed by atoms with Crippen LogP contribution in [0.25, 0.3) is 12.2 Å². The molecule has 5 rings (SSSR count). The zero-order valence-corrected chi connectivity index (χ0v) is 59.9. The summed E-state index contributed by atoms with van der Waals surface area (Å²) >= 11 is 0. The van der Waals surface area contributed by atoms with Gasteiger partial charge in [0.25, 0.3) is 0 Å². The van der Waals surface area contributed by atoms with Gasteiger partial charge in [0.1, 0.15) is 18.1 Å². The lowest BCUT2D eigenvalue weighted by Gasteiger charge is -2.41. The monoisotopic (exact) mass is 1330 g/mol. The van der Waals surface area contributed by atoms with Crippen LogP contribution in [0.3, 0.4) is 0 Å². The zero-order chi connectivity index (χ0) is 71.0. The molecule has 21 heteroatoms. The molecule has 1 saturated heterocycles. The van der Waals surface area contributed by atoms with Crippen LogP contribution in [0.2, 0.25) is 0 Å². The van der Waals surface area contributed by atoms with Crippen LogP contribution in [0.1, 0.15) is 169 Å². The Balaban J connectivity index is 1.10. The van der Waals surface area contributed by atoms with E-state index in [4.69, 9.17) is 14.2 Å². The molecule has 11 atom stereocenters. The number of carboxylic acid groups (broad SMARTS) is 1. The summed E-state index contributed by atoms with van der Waals surface area (Å²) in [5.41, 5.74) is 3.71. The summed E-state index contributed by atoms with van der Waals surface area (Å²) in [4.78, 5) is 130. The number of aliphatic carboxylic acids is 1. The number of hydrogen-bond donors (Lipinski definition) is 5. The highest BCUT2D eigenvalue weighted by Gasteiger charge is 2.44. The molecule has 0 spiro atoms. The van der Waals surface area contributed by atoms with E-state index in [2.05, 4.69) is 27.3 Å². The van der Waals surface area contributed by atoms with E-state index in [1.54, 1.807) is 60.0 Å². The van der Waals surface area contributed by atoms with Crippen LogP contribution in [-0.4, -0.2) is 177 Å². The predicted molar refractivity (Wildman–Crippen MR) is 374 cm³/mol. The Morgan fingerprint density at radius 2 is 1.33 bits per heavy atom. The molecule has 530 valence electrons. The maximum Gasteiger partial charge on any atom is 0.326 e. The smallest absolute Gasteiger partial charge is 0.326 e. The zero-order valence-electron chi connectivity index (χ0n) is 59.9. The van der Waals surface area contributed by atoms with Gasteiger partial charge in [-0.1, -0.05) is 168 Å². The summed E-state index contributed by atoms with van der Waals surface area (Å²) < 4.78 is 18.3. The van der Waals surface area contributed by atoms with Crippen molar-refractivity contribution in [3.8, 4) is 0 Å². The lowest BCUT2D eigenvalue weighted by Crippen LogP contribution is -2.60. The molecule has 1 fully saturated rings. The fourth-order valence-electron chi connectivity index (χ4n) is 13.1. The number of nitrogens with zero attached hydrogens (tertiary/aromatic N) is 4. The maximum absolute atomic E-state index is 14.8. The Morgan fingerprint density at radius 1 is 0.698 bits per heavy atom. The van der Waals surface area contributed by atoms with Gasteiger partial charge in [-0.25, -0.2) is 4.79 Å². The van der Waals surface area contributed by atoms with E-state index in [0.717, 1.165) is 27.9 Å². The van der Waals surface area contributed by atoms with Crippen LogP contribution in [0.15, 0.2) is 78.9 Å². The first kappa shape index (κ1) is 79.2. The number of methoxy groups -OCH3 is 2. The van der Waals surface area contributed by atoms with Crippen molar-refractivity contribution in [1.82, 2.24) is 36.0 Å². The molecular formula is C75H112N8O13. The summed E-state index contributed by atoms with van der Waals surface area (Å²) in [5.74, 6) is -5.38. The number of anilines is 1. The first-order valence-electron chi connectivity index (χ1n) is 34.6. The fraction of sp³-hybridized carbons (Fsp3) is 0.613. The lowest BCUT2D eigenvalue weighted by molar-refractivity contribution is -0.149. The second-order valence-corrected chi connectivity index (χ2v) is 27.9. The van der Waals surface area contributed by atoms with Gasteiger partial charge in [0.2, 0.25) is 47.3 Å². The number of carbonyl (C=O) groups excluding carboxylic acids is 8. The van der Waals surface area contributed by atoms with Gasteiger partial charge < -0.3 is 60.2 Å². The average Bonchev–Trinajstić information content (AvgIpc) is 0.913. The summed E-state index contributed by atoms with van der Waals surface area (Å²) in [6, 6.07) is 20.6. The fourth-order valence-corrected chi connectivity index (χ4v) is 13.1. The first-order chi connectivity index (χ1) is 45.6. The number of carbonyl (C=O) groups is 9. The van der Waals surface area contributed by atoms with Gasteiger partial charge in [-0.05, 0) is 83.6 Å². The molecule has 8 amide bonds. The summed E-state index contributed by atoms with van der Waals surface area (Å²) in [7, 11) is 6.18. The molecule has 96 heavy (non-hydrogen) atoms. The first-order valence-corrected chi connectivity index (χ1v) is 34.6. The van der Waals surface area contributed by atoms with Gasteiger partial charge in [0.05, 0.1) is 62.1 Å². The number of benzene rings is 3. The van der Waals surface area contributed by atoms with Crippen LogP contribution in [0, 0.1) is 34.5 Å². The number of fused-ring (bicyclic) bond motifs is 2. The van der Waals surface area contributed by atoms with Crippen LogP contribution < -0.4 is 26.2 Å². The van der Waals surface area contributed by atoms with Crippen molar-refractivity contribution in [3.63, 3.8) is 0 Å². The molecule has 21 nitrogen and oxygen atoms in total. The van der Waals surface area contributed by atoms with Gasteiger partial charge in [0, 0.05) is 85.5 Å². The normalized spacial score (nSPS) is 17.5. The number of carboxylic acids is 1. The lowest BCUT2D eigenvalue weighted by atomic mass is 9.84. The number of amides is 8. The molecule has 0 radical (unpaired) electrons. The Kier molecular flexibility index (Phi) is 31.2. The van der Waals surface area contributed by atoms with Gasteiger partial charge in [0.15, 0.2) is 0 Å². The van der Waals surface area contributed by atoms with Gasteiger partial charge in [-0.3, -0.25) is 38.4 Å². The third-order valence-corrected chi connectivity index (χ3v) is 19.8. The maximum atomic E-state index is 14.8. The highest BCUT2D eigenvalue weighted by Crippen LogP contribution is 2.33. The van der Waals surface area contributed by atoms with E-state index in [1.807, 2.05) is 130 Å². The van der Waals surface area contributed by atoms with Crippen molar-refractivity contribution in [1.29, 1.82) is 0 Å². The number of rotatable bonds is 38. The molecule has 0 aliphatic carbocycles. The standard InChI is InChI=1S/C75H112N8O13/c1-16-51(8)68(60(94-14)43-65(88)82-41-27-34-59(82)69(95-15)52(9)70(89)78-57(73(92)93)42-53-28-20-19-21-29-53)81(13)72(91)66(49(4)5)79-71(90)67(50(6)7)80(12)63(86)36-26-35-61(84)77-46-75(11,18-3)48-96-47-74(10,17-2)44-62(85)76-40-39-64(87)83-45-56-32-23-22-30-54(56)37-38-55-31-24-25-33-58(55)83/h19-25,28-33,37-38,49-52,57,59-60,66-69H,16-18,26-27,34-36,39-48H2,1-15H3,(H,76,85)(H,77,84)(H,78,89)(H,79,90)(H,92,93). The van der Waals surface area contributed by atoms with E-state index < -0.39 is 82.9 Å². The molecule has 11 unspecified atom stereocenters. The molecule has 2 aliphatic heterocycles. The number of hydrogen-bond acceptors (Lipinski definition) is 12. The van der Waals surface area contributed by atoms with Crippen LogP contribution in [-0.2, 0) is 70.3 Å². The number of para-hydroxylation sites is 1. The minimum Gasteiger partial charge on any atom is -0.480 e. The average molecular weight is 1330 g/mol. The van der Waals surface area contributed by atoms with Crippen LogP contribution >= 0.6 is 0 Å². The van der Waals surface area contributed by atoms with Crippen molar-refractivity contribution in [2.75, 3.05) is 66.1 Å². The molecule has 5 N–H and O–H groups in total. The second-order valence-electron chi connectivity index (χ2n) is 27.9. The summed E-state index contributed by atoms with van der Waals surface area (Å²) in [5, 5.41) is 21.7. The molecule has 0 aromatic heterocycles. The molecule has 3 aromatic rings. The molecule has 3 aromatic carbocycles. The largest absolute Gasteiger partial charge is 0.480 e. The van der Waals surface area contributed by atoms with Crippen molar-refractivity contribution >= 4 is 71.1 Å². The highest BCUT2D eigenvalue weighted by molar-refractivity contribution is 5.97. The van der Waals surface area contributed by atoms with Crippen molar-refractivity contribution in [3.05, 3.63) is 101 Å². The number of likely N-dealkylation sites (N-methyl/N-ethyl adjacent to an activating group) is 2. The number of ether oxygens (including phenoxy) is 3. The Hall–Kier alpha value is -7.49. The molecule has 0 bridgehead atoms. The SMILES string of the molecule is CCC(C)C(C(CC(=O)N1CCCC1C(OC)C(C)C(=O)NC(Cc1ccccc1)C(=O)O)OC)N(C)C(=O)C(NC(=O)C(C(C)C)N(C)C(=O)CCCC(=O)NCC(C)(CC)COCC(C)(CC)CC(=O)NCCC(=O)N1Cc2ccccc2C=Cc2ccccc21)C(C)C. The third-order valence-electron chi connectivity index (χ3n) is 19.8. The van der Waals surface area contributed by atoms with E-state index in [0.29, 0.717) is 65.0 Å². The quantitative estimate of drug-likeness (QED) is 0.0359. The van der Waals surface area contributed by atoms with E-state index in [1.165, 1.54) is 19.1 Å². The van der Waals surface area contributed by atoms with Gasteiger partial charge in [-0.2, -0.15) is 0 Å². The van der Waals surface area contributed by atoms with Crippen LogP contribution in [0.5, 0.6) is 0 Å². The minimum atomic E-state index is -1.18. The van der Waals surface area contributed by atoms with Gasteiger partial charge in [-0.15, -0.1) is 0 Å². The Labute approximate surface area is 570 Å². The highest BCUT2D eigenvalue weighted by atomic mass is 16.5. The second kappa shape index (κ2) is 37.9. The van der Waals surface area contributed by atoms with Crippen molar-refractivity contribution < 1.29 is 62.5 Å². The molecular weight excluding hydrogens is 1220 g/mol. The van der Waals surface area contributed by atoms with E-state index in [-0.39, 0.29) is 98.8 Å². The van der Waals surface area contributed by atoms with Gasteiger partial charge >= 0.3 is 5.97 Å². The van der Waals surface area contributed by atoms with E-state index in [9.17, 15) is 48.3 Å². The Morgan fingerprint density at radius 3 is 1.96 bits per heavy atom.